The lowest BCUT2D eigenvalue weighted by molar-refractivity contribution is 1.64. The van der Waals surface area contributed by atoms with Gasteiger partial charge in [0.05, 0.1) is 0 Å². The Morgan fingerprint density at radius 1 is 0.500 bits per heavy atom. The molecule has 0 radical (unpaired) electrons. The largest absolute Gasteiger partial charge is 0.289 e. The first kappa shape index (κ1) is 12.2. The fraction of sp³-hybridized carbons (Fsp3) is 0. The van der Waals surface area contributed by atoms with Crippen molar-refractivity contribution in [1.82, 2.24) is 0 Å². The molecule has 0 aromatic heterocycles. The SMILES string of the molecule is O=c1c2cccc3c2-c2c4c(cccc14)cc1cccc(c3=O)c21. The Bertz CT molecular complexity index is 1370. The van der Waals surface area contributed by atoms with Crippen LogP contribution >= 0.6 is 0 Å². The van der Waals surface area contributed by atoms with E-state index in [1.165, 1.54) is 0 Å². The average molecular weight is 306 g/mol. The zero-order valence-electron chi connectivity index (χ0n) is 12.6. The van der Waals surface area contributed by atoms with Crippen molar-refractivity contribution >= 4 is 43.1 Å². The number of benzene rings is 6. The van der Waals surface area contributed by atoms with Crippen LogP contribution in [0.4, 0.5) is 0 Å². The minimum atomic E-state index is 0.0106. The Balaban J connectivity index is 2.22. The Morgan fingerprint density at radius 3 is 1.50 bits per heavy atom. The zero-order valence-corrected chi connectivity index (χ0v) is 12.6. The molecule has 0 heterocycles. The predicted molar refractivity (Wildman–Crippen MR) is 99.2 cm³/mol. The predicted octanol–water partition coefficient (Wildman–Crippen LogP) is 4.44. The van der Waals surface area contributed by atoms with Gasteiger partial charge in [-0.25, -0.2) is 0 Å². The normalized spacial score (nSPS) is 12.5. The minimum Gasteiger partial charge on any atom is -0.289 e. The molecule has 2 heteroatoms. The minimum absolute atomic E-state index is 0.0106. The number of hydrogen-bond acceptors (Lipinski definition) is 2. The van der Waals surface area contributed by atoms with E-state index in [0.29, 0.717) is 10.8 Å². The summed E-state index contributed by atoms with van der Waals surface area (Å²) in [4.78, 5) is 26.0. The summed E-state index contributed by atoms with van der Waals surface area (Å²) in [6, 6.07) is 19.3. The Kier molecular flexibility index (Phi) is 1.93. The first-order valence-electron chi connectivity index (χ1n) is 7.97. The molecule has 2 aliphatic rings. The molecule has 24 heavy (non-hydrogen) atoms. The first-order chi connectivity index (χ1) is 11.8. The lowest BCUT2D eigenvalue weighted by Crippen LogP contribution is -2.12. The average Bonchev–Trinajstić information content (AvgIpc) is 2.62. The quantitative estimate of drug-likeness (QED) is 0.307. The Morgan fingerprint density at radius 2 is 0.958 bits per heavy atom. The van der Waals surface area contributed by atoms with Gasteiger partial charge in [-0.3, -0.25) is 9.59 Å². The van der Waals surface area contributed by atoms with E-state index in [1.54, 1.807) is 0 Å². The maximum absolute atomic E-state index is 13.0. The van der Waals surface area contributed by atoms with E-state index in [2.05, 4.69) is 6.07 Å². The van der Waals surface area contributed by atoms with Crippen molar-refractivity contribution < 1.29 is 0 Å². The maximum atomic E-state index is 13.0. The second kappa shape index (κ2) is 3.80. The van der Waals surface area contributed by atoms with Gasteiger partial charge in [0.1, 0.15) is 0 Å². The van der Waals surface area contributed by atoms with Crippen LogP contribution in [0.2, 0.25) is 0 Å². The van der Waals surface area contributed by atoms with E-state index in [0.717, 1.165) is 43.4 Å². The van der Waals surface area contributed by atoms with Gasteiger partial charge < -0.3 is 0 Å². The molecule has 4 aromatic rings. The molecule has 0 saturated carbocycles. The van der Waals surface area contributed by atoms with Crippen LogP contribution in [0.1, 0.15) is 0 Å². The van der Waals surface area contributed by atoms with Gasteiger partial charge in [-0.15, -0.1) is 0 Å². The van der Waals surface area contributed by atoms with Crippen LogP contribution in [0, 0.1) is 0 Å². The van der Waals surface area contributed by atoms with E-state index in [-0.39, 0.29) is 10.9 Å². The molecule has 0 N–H and O–H groups in total. The molecular weight excluding hydrogens is 296 g/mol. The van der Waals surface area contributed by atoms with Gasteiger partial charge >= 0.3 is 0 Å². The van der Waals surface area contributed by atoms with E-state index in [4.69, 9.17) is 0 Å². The molecule has 0 unspecified atom stereocenters. The molecule has 0 bridgehead atoms. The summed E-state index contributed by atoms with van der Waals surface area (Å²) in [6.07, 6.45) is 0. The zero-order chi connectivity index (χ0) is 16.0. The van der Waals surface area contributed by atoms with Crippen molar-refractivity contribution in [2.75, 3.05) is 0 Å². The molecule has 110 valence electrons. The van der Waals surface area contributed by atoms with Gasteiger partial charge in [0, 0.05) is 43.4 Å². The highest BCUT2D eigenvalue weighted by Crippen LogP contribution is 2.44. The van der Waals surface area contributed by atoms with E-state index in [1.807, 2.05) is 54.6 Å². The highest BCUT2D eigenvalue weighted by molar-refractivity contribution is 6.29. The van der Waals surface area contributed by atoms with Crippen molar-refractivity contribution in [3.8, 4) is 11.1 Å². The molecule has 0 aliphatic heterocycles. The summed E-state index contributed by atoms with van der Waals surface area (Å²) >= 11 is 0. The van der Waals surface area contributed by atoms with Crippen molar-refractivity contribution in [1.29, 1.82) is 0 Å². The topological polar surface area (TPSA) is 34.1 Å². The van der Waals surface area contributed by atoms with E-state index < -0.39 is 0 Å². The molecule has 2 aliphatic carbocycles. The van der Waals surface area contributed by atoms with Crippen LogP contribution in [-0.2, 0) is 0 Å². The molecule has 0 amide bonds. The third-order valence-electron chi connectivity index (χ3n) is 5.30. The third-order valence-corrected chi connectivity index (χ3v) is 5.30. The van der Waals surface area contributed by atoms with Crippen LogP contribution in [0.25, 0.3) is 54.2 Å². The Labute approximate surface area is 135 Å². The van der Waals surface area contributed by atoms with Gasteiger partial charge in [-0.1, -0.05) is 54.6 Å². The molecule has 0 spiro atoms. The fourth-order valence-electron chi connectivity index (χ4n) is 4.35. The Hall–Kier alpha value is -3.26. The maximum Gasteiger partial charge on any atom is 0.194 e. The van der Waals surface area contributed by atoms with Gasteiger partial charge in [0.15, 0.2) is 10.9 Å². The summed E-state index contributed by atoms with van der Waals surface area (Å²) < 4.78 is 0. The highest BCUT2D eigenvalue weighted by atomic mass is 16.1. The molecule has 0 fully saturated rings. The van der Waals surface area contributed by atoms with Crippen molar-refractivity contribution in [3.63, 3.8) is 0 Å². The van der Waals surface area contributed by atoms with Crippen LogP contribution in [-0.4, -0.2) is 0 Å². The molecule has 0 atom stereocenters. The monoisotopic (exact) mass is 306 g/mol. The molecule has 6 rings (SSSR count). The summed E-state index contributed by atoms with van der Waals surface area (Å²) in [5, 5.41) is 6.82. The first-order valence-corrected chi connectivity index (χ1v) is 7.97. The summed E-state index contributed by atoms with van der Waals surface area (Å²) in [5.41, 5.74) is 1.90. The van der Waals surface area contributed by atoms with Gasteiger partial charge in [-0.05, 0) is 16.8 Å². The number of rotatable bonds is 0. The molecule has 4 aromatic carbocycles. The summed E-state index contributed by atoms with van der Waals surface area (Å²) in [5.74, 6) is 0. The number of hydrogen-bond donors (Lipinski definition) is 0. The molecule has 2 nitrogen and oxygen atoms in total. The highest BCUT2D eigenvalue weighted by Gasteiger charge is 2.24. The standard InChI is InChI=1S/C22H10O2/c23-21-13-6-1-4-11-10-12-5-2-7-14-18(12)20(17(11)13)19-15(21)8-3-9-16(19)22(14)24/h1-10H. The van der Waals surface area contributed by atoms with Crippen LogP contribution in [0.15, 0.2) is 70.3 Å². The van der Waals surface area contributed by atoms with Crippen molar-refractivity contribution in [2.45, 2.75) is 0 Å². The van der Waals surface area contributed by atoms with Gasteiger partial charge in [0.2, 0.25) is 0 Å². The van der Waals surface area contributed by atoms with Gasteiger partial charge in [0.25, 0.3) is 0 Å². The molecular formula is C22H10O2. The molecule has 0 saturated heterocycles. The van der Waals surface area contributed by atoms with E-state index in [9.17, 15) is 9.59 Å². The third kappa shape index (κ3) is 1.18. The fourth-order valence-corrected chi connectivity index (χ4v) is 4.35. The van der Waals surface area contributed by atoms with Crippen molar-refractivity contribution in [3.05, 3.63) is 81.1 Å². The van der Waals surface area contributed by atoms with Crippen molar-refractivity contribution in [2.24, 2.45) is 0 Å². The van der Waals surface area contributed by atoms with Crippen LogP contribution in [0.3, 0.4) is 0 Å². The lowest BCUT2D eigenvalue weighted by Gasteiger charge is -2.20. The van der Waals surface area contributed by atoms with Crippen LogP contribution < -0.4 is 10.9 Å². The van der Waals surface area contributed by atoms with E-state index >= 15 is 0 Å². The van der Waals surface area contributed by atoms with Gasteiger partial charge in [-0.2, -0.15) is 0 Å². The smallest absolute Gasteiger partial charge is 0.194 e. The second-order valence-electron chi connectivity index (χ2n) is 6.45. The second-order valence-corrected chi connectivity index (χ2v) is 6.45. The summed E-state index contributed by atoms with van der Waals surface area (Å²) in [6.45, 7) is 0. The van der Waals surface area contributed by atoms with Crippen LogP contribution in [0.5, 0.6) is 0 Å². The lowest BCUT2D eigenvalue weighted by atomic mass is 9.81. The summed E-state index contributed by atoms with van der Waals surface area (Å²) in [7, 11) is 0.